The van der Waals surface area contributed by atoms with Crippen LogP contribution in [-0.2, 0) is 20.6 Å². The Kier molecular flexibility index (Phi) is 5.01. The first kappa shape index (κ1) is 19.1. The van der Waals surface area contributed by atoms with Crippen molar-refractivity contribution in [3.05, 3.63) is 57.3 Å². The molecule has 0 saturated carbocycles. The number of amides is 1. The van der Waals surface area contributed by atoms with Crippen LogP contribution in [0.2, 0.25) is 0 Å². The molecule has 0 radical (unpaired) electrons. The molecule has 0 aliphatic carbocycles. The van der Waals surface area contributed by atoms with Crippen LogP contribution in [-0.4, -0.2) is 72.1 Å². The summed E-state index contributed by atoms with van der Waals surface area (Å²) in [5.74, 6) is 0.00256. The summed E-state index contributed by atoms with van der Waals surface area (Å²) in [7, 11) is 3.08. The lowest BCUT2D eigenvalue weighted by Gasteiger charge is -2.34. The Morgan fingerprint density at radius 2 is 1.83 bits per heavy atom. The van der Waals surface area contributed by atoms with Gasteiger partial charge in [-0.2, -0.15) is 0 Å². The summed E-state index contributed by atoms with van der Waals surface area (Å²) >= 11 is 0. The minimum atomic E-state index is -0.387. The van der Waals surface area contributed by atoms with E-state index in [1.54, 1.807) is 42.5 Å². The van der Waals surface area contributed by atoms with Crippen LogP contribution in [0.25, 0.3) is 11.2 Å². The minimum absolute atomic E-state index is 0.00256. The molecule has 29 heavy (non-hydrogen) atoms. The van der Waals surface area contributed by atoms with E-state index < -0.39 is 0 Å². The maximum absolute atomic E-state index is 12.5. The molecule has 0 N–H and O–H groups in total. The molecule has 0 atom stereocenters. The Labute approximate surface area is 166 Å². The molecule has 1 saturated heterocycles. The van der Waals surface area contributed by atoms with Crippen LogP contribution in [0.5, 0.6) is 0 Å². The highest BCUT2D eigenvalue weighted by molar-refractivity contribution is 5.93. The van der Waals surface area contributed by atoms with Crippen LogP contribution < -0.4 is 11.2 Å². The van der Waals surface area contributed by atoms with Gasteiger partial charge in [-0.3, -0.25) is 28.6 Å². The molecule has 0 bridgehead atoms. The standard InChI is InChI=1S/C19H23N7O3/c1-22-16-15(18(28)23(2)19(22)29)26(13-21-16)11-8-24-6-9-25(10-7-24)17(27)14-4-3-5-20-12-14/h3-5,12-13H,6-11H2,1-2H3. The monoisotopic (exact) mass is 397 g/mol. The van der Waals surface area contributed by atoms with E-state index in [9.17, 15) is 14.4 Å². The summed E-state index contributed by atoms with van der Waals surface area (Å²) in [5.41, 5.74) is 0.701. The van der Waals surface area contributed by atoms with Gasteiger partial charge in [0.05, 0.1) is 11.9 Å². The van der Waals surface area contributed by atoms with Gasteiger partial charge in [-0.05, 0) is 12.1 Å². The van der Waals surface area contributed by atoms with Gasteiger partial charge in [0, 0.05) is 65.8 Å². The molecule has 1 amide bonds. The minimum Gasteiger partial charge on any atom is -0.336 e. The molecule has 0 aromatic carbocycles. The van der Waals surface area contributed by atoms with Crippen LogP contribution in [0.4, 0.5) is 0 Å². The second kappa shape index (κ2) is 7.63. The quantitative estimate of drug-likeness (QED) is 0.577. The molecule has 4 heterocycles. The third-order valence-corrected chi connectivity index (χ3v) is 5.44. The Morgan fingerprint density at radius 3 is 2.52 bits per heavy atom. The Balaban J connectivity index is 1.41. The molecule has 3 aromatic rings. The number of nitrogens with zero attached hydrogens (tertiary/aromatic N) is 7. The summed E-state index contributed by atoms with van der Waals surface area (Å²) < 4.78 is 4.28. The molecule has 3 aromatic heterocycles. The van der Waals surface area contributed by atoms with Crippen molar-refractivity contribution in [2.75, 3.05) is 32.7 Å². The van der Waals surface area contributed by atoms with Crippen molar-refractivity contribution >= 4 is 17.1 Å². The van der Waals surface area contributed by atoms with Gasteiger partial charge < -0.3 is 9.47 Å². The van der Waals surface area contributed by atoms with E-state index in [0.717, 1.165) is 24.2 Å². The lowest BCUT2D eigenvalue weighted by molar-refractivity contribution is 0.0633. The van der Waals surface area contributed by atoms with E-state index >= 15 is 0 Å². The Bertz CT molecular complexity index is 1150. The number of carbonyl (C=O) groups excluding carboxylic acids is 1. The normalized spacial score (nSPS) is 15.2. The van der Waals surface area contributed by atoms with E-state index in [2.05, 4.69) is 14.9 Å². The molecule has 1 fully saturated rings. The number of fused-ring (bicyclic) bond motifs is 1. The van der Waals surface area contributed by atoms with Crippen molar-refractivity contribution in [1.29, 1.82) is 0 Å². The summed E-state index contributed by atoms with van der Waals surface area (Å²) in [6.07, 6.45) is 4.85. The molecule has 10 heteroatoms. The number of hydrogen-bond donors (Lipinski definition) is 0. The van der Waals surface area contributed by atoms with E-state index in [1.807, 2.05) is 4.90 Å². The summed E-state index contributed by atoms with van der Waals surface area (Å²) in [4.78, 5) is 49.4. The molecule has 152 valence electrons. The van der Waals surface area contributed by atoms with Crippen LogP contribution in [0.1, 0.15) is 10.4 Å². The van der Waals surface area contributed by atoms with Crippen molar-refractivity contribution in [2.24, 2.45) is 14.1 Å². The van der Waals surface area contributed by atoms with Gasteiger partial charge in [-0.1, -0.05) is 0 Å². The topological polar surface area (TPSA) is 98.3 Å². The molecule has 1 aliphatic rings. The number of piperazine rings is 1. The average Bonchev–Trinajstić information content (AvgIpc) is 3.19. The number of rotatable bonds is 4. The lowest BCUT2D eigenvalue weighted by Crippen LogP contribution is -2.49. The fourth-order valence-electron chi connectivity index (χ4n) is 3.66. The zero-order valence-electron chi connectivity index (χ0n) is 16.5. The second-order valence-corrected chi connectivity index (χ2v) is 7.19. The van der Waals surface area contributed by atoms with E-state index in [1.165, 1.54) is 11.6 Å². The van der Waals surface area contributed by atoms with Crippen molar-refractivity contribution in [3.8, 4) is 0 Å². The molecular weight excluding hydrogens is 374 g/mol. The molecule has 1 aliphatic heterocycles. The van der Waals surface area contributed by atoms with Crippen LogP contribution in [0.3, 0.4) is 0 Å². The summed E-state index contributed by atoms with van der Waals surface area (Å²) in [6, 6.07) is 3.54. The largest absolute Gasteiger partial charge is 0.336 e. The van der Waals surface area contributed by atoms with E-state index in [0.29, 0.717) is 36.4 Å². The zero-order chi connectivity index (χ0) is 20.5. The third-order valence-electron chi connectivity index (χ3n) is 5.44. The third kappa shape index (κ3) is 3.46. The maximum Gasteiger partial charge on any atom is 0.332 e. The van der Waals surface area contributed by atoms with Gasteiger partial charge in [0.1, 0.15) is 0 Å². The first-order valence-electron chi connectivity index (χ1n) is 9.50. The average molecular weight is 397 g/mol. The van der Waals surface area contributed by atoms with Gasteiger partial charge in [0.2, 0.25) is 0 Å². The highest BCUT2D eigenvalue weighted by Crippen LogP contribution is 2.10. The van der Waals surface area contributed by atoms with Crippen LogP contribution in [0, 0.1) is 0 Å². The first-order valence-corrected chi connectivity index (χ1v) is 9.50. The number of aryl methyl sites for hydroxylation is 1. The lowest BCUT2D eigenvalue weighted by atomic mass is 10.2. The zero-order valence-corrected chi connectivity index (χ0v) is 16.5. The number of pyridine rings is 1. The molecule has 0 spiro atoms. The van der Waals surface area contributed by atoms with Crippen molar-refractivity contribution < 1.29 is 4.79 Å². The predicted octanol–water partition coefficient (Wildman–Crippen LogP) is -0.713. The number of hydrogen-bond acceptors (Lipinski definition) is 6. The number of aromatic nitrogens is 5. The van der Waals surface area contributed by atoms with E-state index in [4.69, 9.17) is 0 Å². The first-order chi connectivity index (χ1) is 14.0. The summed E-state index contributed by atoms with van der Waals surface area (Å²) in [5, 5.41) is 0. The van der Waals surface area contributed by atoms with Crippen LogP contribution in [0.15, 0.2) is 40.4 Å². The molecular formula is C19H23N7O3. The highest BCUT2D eigenvalue weighted by atomic mass is 16.2. The number of imidazole rings is 1. The van der Waals surface area contributed by atoms with Gasteiger partial charge in [0.15, 0.2) is 11.2 Å². The predicted molar refractivity (Wildman–Crippen MR) is 107 cm³/mol. The van der Waals surface area contributed by atoms with Gasteiger partial charge in [0.25, 0.3) is 11.5 Å². The number of carbonyl (C=O) groups is 1. The summed E-state index contributed by atoms with van der Waals surface area (Å²) in [6.45, 7) is 4.13. The SMILES string of the molecule is Cn1c(=O)c2c(ncn2CCN2CCN(C(=O)c3cccnc3)CC2)n(C)c1=O. The van der Waals surface area contributed by atoms with Crippen LogP contribution >= 0.6 is 0 Å². The molecule has 0 unspecified atom stereocenters. The van der Waals surface area contributed by atoms with E-state index in [-0.39, 0.29) is 17.2 Å². The maximum atomic E-state index is 12.5. The fraction of sp³-hybridized carbons (Fsp3) is 0.421. The van der Waals surface area contributed by atoms with Crippen molar-refractivity contribution in [3.63, 3.8) is 0 Å². The van der Waals surface area contributed by atoms with Gasteiger partial charge in [-0.25, -0.2) is 9.78 Å². The van der Waals surface area contributed by atoms with Gasteiger partial charge in [-0.15, -0.1) is 0 Å². The van der Waals surface area contributed by atoms with Gasteiger partial charge >= 0.3 is 5.69 Å². The molecule has 10 nitrogen and oxygen atoms in total. The Hall–Kier alpha value is -3.27. The Morgan fingerprint density at radius 1 is 1.07 bits per heavy atom. The van der Waals surface area contributed by atoms with Crippen molar-refractivity contribution in [2.45, 2.75) is 6.54 Å². The molecule has 4 rings (SSSR count). The second-order valence-electron chi connectivity index (χ2n) is 7.19. The highest BCUT2D eigenvalue weighted by Gasteiger charge is 2.22. The van der Waals surface area contributed by atoms with Crippen molar-refractivity contribution in [1.82, 2.24) is 33.5 Å². The smallest absolute Gasteiger partial charge is 0.332 e. The fourth-order valence-corrected chi connectivity index (χ4v) is 3.66.